The van der Waals surface area contributed by atoms with Gasteiger partial charge in [-0.05, 0) is 44.4 Å². The van der Waals surface area contributed by atoms with Gasteiger partial charge in [-0.25, -0.2) is 4.57 Å². The fourth-order valence-electron chi connectivity index (χ4n) is 6.50. The van der Waals surface area contributed by atoms with Gasteiger partial charge in [0.15, 0.2) is 6.10 Å². The molecule has 0 radical (unpaired) electrons. The molecule has 0 rings (SSSR count). The van der Waals surface area contributed by atoms with Crippen molar-refractivity contribution in [1.29, 1.82) is 0 Å². The number of carbonyl (C=O) groups excluding carboxylic acids is 2. The summed E-state index contributed by atoms with van der Waals surface area (Å²) in [7, 11) is -4.82. The molecule has 0 heterocycles. The maximum absolute atomic E-state index is 12.4. The highest BCUT2D eigenvalue weighted by molar-refractivity contribution is 7.46. The van der Waals surface area contributed by atoms with Crippen LogP contribution < -0.4 is 0 Å². The normalized spacial score (nSPS) is 14.7. The first-order valence-electron chi connectivity index (χ1n) is 23.9. The van der Waals surface area contributed by atoms with Crippen molar-refractivity contribution < 1.29 is 48.2 Å². The van der Waals surface area contributed by atoms with Gasteiger partial charge in [-0.2, -0.15) is 0 Å². The highest BCUT2D eigenvalue weighted by Gasteiger charge is 2.23. The van der Waals surface area contributed by atoms with E-state index in [1.54, 1.807) is 30.4 Å². The molecule has 4 atom stereocenters. The Morgan fingerprint density at radius 2 is 1.11 bits per heavy atom. The summed E-state index contributed by atoms with van der Waals surface area (Å²) in [5, 5.41) is 20.0. The fourth-order valence-corrected chi connectivity index (χ4v) is 6.86. The van der Waals surface area contributed by atoms with Gasteiger partial charge in [-0.15, -0.1) is 0 Å². The minimum absolute atomic E-state index is 0.0238. The summed E-state index contributed by atoms with van der Waals surface area (Å²) in [6.07, 6.45) is 48.4. The van der Waals surface area contributed by atoms with Crippen LogP contribution in [0, 0.1) is 5.92 Å². The van der Waals surface area contributed by atoms with Gasteiger partial charge in [0.1, 0.15) is 6.61 Å². The molecule has 11 heteroatoms. The molecule has 10 nitrogen and oxygen atoms in total. The number of phosphoric ester groups is 1. The second-order valence-electron chi connectivity index (χ2n) is 16.4. The standard InChI is InChI=1S/C50H87O10P/c1-4-6-29-37-46(51)38-31-25-21-19-22-26-32-39-47(52)40-33-28-35-42-50(54)60-48(44-59-61(55,56)57)43-58-49(53)41-34-27-23-18-16-14-12-10-8-7-9-11-13-15-17-20-24-30-36-45(3)5-2/h6,21-22,25-26,29,31-33,38-40,45-48,51-52H,4-5,7-20,23-24,27-28,30,34-37,41-44H2,1-3H3,(H2,55,56,57)/b25-21-,26-22-,29-6-,38-31+,39-32+,40-33-/t45?,46-,47-,48+/m0/s1. The lowest BCUT2D eigenvalue weighted by Crippen LogP contribution is -2.29. The van der Waals surface area contributed by atoms with Crippen LogP contribution in [0.3, 0.4) is 0 Å². The van der Waals surface area contributed by atoms with Crippen LogP contribution in [0.1, 0.15) is 194 Å². The van der Waals surface area contributed by atoms with Crippen molar-refractivity contribution in [2.24, 2.45) is 5.92 Å². The van der Waals surface area contributed by atoms with Gasteiger partial charge in [-0.1, -0.05) is 216 Å². The number of unbranched alkanes of at least 4 members (excludes halogenated alkanes) is 18. The largest absolute Gasteiger partial charge is 0.469 e. The number of phosphoric acid groups is 1. The van der Waals surface area contributed by atoms with E-state index >= 15 is 0 Å². The molecule has 0 saturated carbocycles. The van der Waals surface area contributed by atoms with Crippen molar-refractivity contribution in [2.45, 2.75) is 212 Å². The van der Waals surface area contributed by atoms with Crippen LogP contribution in [0.5, 0.6) is 0 Å². The van der Waals surface area contributed by atoms with Gasteiger partial charge in [0.25, 0.3) is 0 Å². The van der Waals surface area contributed by atoms with Gasteiger partial charge < -0.3 is 29.5 Å². The van der Waals surface area contributed by atoms with Crippen molar-refractivity contribution in [3.8, 4) is 0 Å². The third kappa shape index (κ3) is 45.3. The van der Waals surface area contributed by atoms with E-state index in [9.17, 15) is 24.4 Å². The monoisotopic (exact) mass is 879 g/mol. The fraction of sp³-hybridized carbons (Fsp3) is 0.720. The van der Waals surface area contributed by atoms with Crippen LogP contribution in [0.4, 0.5) is 0 Å². The van der Waals surface area contributed by atoms with Crippen LogP contribution in [0.25, 0.3) is 0 Å². The Morgan fingerprint density at radius 1 is 0.590 bits per heavy atom. The lowest BCUT2D eigenvalue weighted by atomic mass is 9.99. The minimum Gasteiger partial charge on any atom is -0.462 e. The third-order valence-electron chi connectivity index (χ3n) is 10.5. The van der Waals surface area contributed by atoms with Crippen LogP contribution in [0.15, 0.2) is 72.9 Å². The summed E-state index contributed by atoms with van der Waals surface area (Å²) in [5.74, 6) is -0.175. The molecule has 0 aliphatic rings. The lowest BCUT2D eigenvalue weighted by molar-refractivity contribution is -0.161. The number of esters is 2. The Kier molecular flexibility index (Phi) is 40.9. The van der Waals surface area contributed by atoms with Crippen LogP contribution in [0.2, 0.25) is 0 Å². The molecule has 0 saturated heterocycles. The summed E-state index contributed by atoms with van der Waals surface area (Å²) >= 11 is 0. The van der Waals surface area contributed by atoms with Gasteiger partial charge in [0.2, 0.25) is 0 Å². The Hall–Kier alpha value is -2.59. The number of aliphatic hydroxyl groups excluding tert-OH is 2. The molecule has 0 fully saturated rings. The van der Waals surface area contributed by atoms with Crippen LogP contribution in [-0.4, -0.2) is 63.5 Å². The highest BCUT2D eigenvalue weighted by atomic mass is 31.2. The minimum atomic E-state index is -4.82. The molecule has 0 aliphatic carbocycles. The second-order valence-corrected chi connectivity index (χ2v) is 17.6. The predicted molar refractivity (Wildman–Crippen MR) is 251 cm³/mol. The molecular weight excluding hydrogens is 792 g/mol. The van der Waals surface area contributed by atoms with Crippen LogP contribution in [-0.2, 0) is 28.2 Å². The summed E-state index contributed by atoms with van der Waals surface area (Å²) in [5.41, 5.74) is 0. The maximum atomic E-state index is 12.4. The molecule has 0 bridgehead atoms. The Bertz CT molecular complexity index is 1270. The summed E-state index contributed by atoms with van der Waals surface area (Å²) in [4.78, 5) is 43.0. The summed E-state index contributed by atoms with van der Waals surface area (Å²) < 4.78 is 26.3. The average molecular weight is 879 g/mol. The van der Waals surface area contributed by atoms with Gasteiger partial charge in [-0.3, -0.25) is 14.1 Å². The van der Waals surface area contributed by atoms with Crippen molar-refractivity contribution in [2.75, 3.05) is 13.2 Å². The van der Waals surface area contributed by atoms with Crippen molar-refractivity contribution >= 4 is 19.8 Å². The molecule has 0 amide bonds. The first-order chi connectivity index (χ1) is 29.5. The lowest BCUT2D eigenvalue weighted by Gasteiger charge is -2.18. The molecule has 0 aromatic carbocycles. The van der Waals surface area contributed by atoms with E-state index in [-0.39, 0.29) is 19.4 Å². The number of rotatable bonds is 42. The zero-order valence-electron chi connectivity index (χ0n) is 38.4. The highest BCUT2D eigenvalue weighted by Crippen LogP contribution is 2.36. The molecule has 61 heavy (non-hydrogen) atoms. The molecule has 0 aliphatic heterocycles. The van der Waals surface area contributed by atoms with E-state index < -0.39 is 44.7 Å². The summed E-state index contributed by atoms with van der Waals surface area (Å²) in [6.45, 7) is 5.74. The van der Waals surface area contributed by atoms with E-state index in [2.05, 4.69) is 25.3 Å². The first kappa shape index (κ1) is 58.4. The van der Waals surface area contributed by atoms with Crippen molar-refractivity contribution in [3.05, 3.63) is 72.9 Å². The zero-order valence-corrected chi connectivity index (χ0v) is 39.3. The molecule has 1 unspecified atom stereocenters. The van der Waals surface area contributed by atoms with E-state index in [4.69, 9.17) is 19.3 Å². The summed E-state index contributed by atoms with van der Waals surface area (Å²) in [6, 6.07) is 0. The van der Waals surface area contributed by atoms with Crippen LogP contribution >= 0.6 is 7.82 Å². The molecule has 0 aromatic heterocycles. The molecule has 0 spiro atoms. The number of hydrogen-bond acceptors (Lipinski definition) is 8. The number of hydrogen-bond donors (Lipinski definition) is 4. The smallest absolute Gasteiger partial charge is 0.462 e. The van der Waals surface area contributed by atoms with E-state index in [0.29, 0.717) is 32.1 Å². The Balaban J connectivity index is 4.06. The quantitative estimate of drug-likeness (QED) is 0.0153. The van der Waals surface area contributed by atoms with E-state index in [0.717, 1.165) is 31.6 Å². The van der Waals surface area contributed by atoms with E-state index in [1.807, 2.05) is 42.5 Å². The average Bonchev–Trinajstić information content (AvgIpc) is 3.22. The molecular formula is C50H87O10P. The van der Waals surface area contributed by atoms with Crippen molar-refractivity contribution in [1.82, 2.24) is 0 Å². The number of ether oxygens (including phenoxy) is 2. The van der Waals surface area contributed by atoms with Gasteiger partial charge in [0, 0.05) is 12.8 Å². The third-order valence-corrected chi connectivity index (χ3v) is 10.9. The topological polar surface area (TPSA) is 160 Å². The Morgan fingerprint density at radius 3 is 1.66 bits per heavy atom. The van der Waals surface area contributed by atoms with Crippen molar-refractivity contribution in [3.63, 3.8) is 0 Å². The molecule has 0 aromatic rings. The number of allylic oxidation sites excluding steroid dienone is 8. The second kappa shape index (κ2) is 42.7. The number of carbonyl (C=O) groups is 2. The van der Waals surface area contributed by atoms with E-state index in [1.165, 1.54) is 103 Å². The maximum Gasteiger partial charge on any atom is 0.469 e. The molecule has 352 valence electrons. The molecule has 4 N–H and O–H groups in total. The zero-order chi connectivity index (χ0) is 45.1. The van der Waals surface area contributed by atoms with Gasteiger partial charge >= 0.3 is 19.8 Å². The Labute approximate surface area is 371 Å². The SMILES string of the molecule is CC/C=C\C[C@H](O)/C=C/C=C\C/C=C\C=C\[C@H](O)/C=C\CCCC(=O)O[C@H](COC(=O)CCCCCCCCCCCCCCCCCCCCC(C)CC)COP(=O)(O)O. The van der Waals surface area contributed by atoms with Gasteiger partial charge in [0.05, 0.1) is 18.8 Å². The first-order valence-corrected chi connectivity index (χ1v) is 25.4. The predicted octanol–water partition coefficient (Wildman–Crippen LogP) is 12.8. The number of aliphatic hydroxyl groups is 2.